The summed E-state index contributed by atoms with van der Waals surface area (Å²) < 4.78 is 0. The van der Waals surface area contributed by atoms with Crippen LogP contribution in [0.1, 0.15) is 27.8 Å². The number of aliphatic hydroxyl groups is 1. The fourth-order valence-corrected chi connectivity index (χ4v) is 3.26. The fraction of sp³-hybridized carbons (Fsp3) is 0.182. The number of hydrogen-bond acceptors (Lipinski definition) is 2. The average Bonchev–Trinajstić information content (AvgIpc) is 2.58. The Morgan fingerprint density at radius 3 is 2.21 bits per heavy atom. The quantitative estimate of drug-likeness (QED) is 0.702. The van der Waals surface area contributed by atoms with E-state index in [2.05, 4.69) is 32.0 Å². The van der Waals surface area contributed by atoms with E-state index in [0.29, 0.717) is 12.1 Å². The molecule has 3 aromatic carbocycles. The van der Waals surface area contributed by atoms with Crippen LogP contribution in [0.5, 0.6) is 0 Å². The Morgan fingerprint density at radius 1 is 0.875 bits per heavy atom. The van der Waals surface area contributed by atoms with Gasteiger partial charge >= 0.3 is 0 Å². The first-order chi connectivity index (χ1) is 11.5. The summed E-state index contributed by atoms with van der Waals surface area (Å²) in [6.07, 6.45) is 0.483. The summed E-state index contributed by atoms with van der Waals surface area (Å²) in [6.45, 7) is 4.16. The molecule has 24 heavy (non-hydrogen) atoms. The van der Waals surface area contributed by atoms with Crippen LogP contribution in [0.4, 0.5) is 5.69 Å². The molecular weight excluding hydrogens is 294 g/mol. The molecule has 2 heteroatoms. The summed E-state index contributed by atoms with van der Waals surface area (Å²) >= 11 is 0. The van der Waals surface area contributed by atoms with Crippen LogP contribution in [0.25, 0.3) is 0 Å². The summed E-state index contributed by atoms with van der Waals surface area (Å²) in [5, 5.41) is 11.7. The summed E-state index contributed by atoms with van der Waals surface area (Å²) in [5.41, 5.74) is 10.8. The van der Waals surface area contributed by atoms with E-state index in [1.165, 1.54) is 11.1 Å². The molecule has 0 saturated carbocycles. The predicted octanol–water partition coefficient (Wildman–Crippen LogP) is 4.36. The average molecular weight is 317 g/mol. The molecule has 1 atom stereocenters. The van der Waals surface area contributed by atoms with E-state index < -0.39 is 5.60 Å². The first-order valence-electron chi connectivity index (χ1n) is 8.20. The Bertz CT molecular complexity index is 842. The van der Waals surface area contributed by atoms with Crippen molar-refractivity contribution in [2.45, 2.75) is 25.9 Å². The second-order valence-electron chi connectivity index (χ2n) is 6.42. The van der Waals surface area contributed by atoms with Gasteiger partial charge in [-0.3, -0.25) is 0 Å². The van der Waals surface area contributed by atoms with Crippen LogP contribution in [0.3, 0.4) is 0 Å². The van der Waals surface area contributed by atoms with E-state index in [1.54, 1.807) is 0 Å². The van der Waals surface area contributed by atoms with Gasteiger partial charge in [-0.05, 0) is 36.6 Å². The van der Waals surface area contributed by atoms with E-state index in [4.69, 9.17) is 5.73 Å². The van der Waals surface area contributed by atoms with Crippen LogP contribution in [0.2, 0.25) is 0 Å². The summed E-state index contributed by atoms with van der Waals surface area (Å²) in [7, 11) is 0. The Morgan fingerprint density at radius 2 is 1.54 bits per heavy atom. The number of nitrogen functional groups attached to an aromatic ring is 1. The van der Waals surface area contributed by atoms with Crippen LogP contribution >= 0.6 is 0 Å². The number of aryl methyl sites for hydroxylation is 2. The molecule has 0 spiro atoms. The van der Waals surface area contributed by atoms with Gasteiger partial charge in [-0.1, -0.05) is 72.3 Å². The second-order valence-corrected chi connectivity index (χ2v) is 6.42. The number of para-hydroxylation sites is 1. The van der Waals surface area contributed by atoms with Gasteiger partial charge in [-0.2, -0.15) is 0 Å². The molecule has 0 aromatic heterocycles. The van der Waals surface area contributed by atoms with Gasteiger partial charge in [0.15, 0.2) is 0 Å². The van der Waals surface area contributed by atoms with Crippen LogP contribution in [0.15, 0.2) is 72.8 Å². The van der Waals surface area contributed by atoms with E-state index in [-0.39, 0.29) is 0 Å². The van der Waals surface area contributed by atoms with Crippen LogP contribution in [-0.2, 0) is 12.0 Å². The minimum atomic E-state index is -1.16. The van der Waals surface area contributed by atoms with Crippen LogP contribution in [0, 0.1) is 13.8 Å². The molecule has 3 aromatic rings. The van der Waals surface area contributed by atoms with Gasteiger partial charge in [-0.25, -0.2) is 0 Å². The van der Waals surface area contributed by atoms with Crippen molar-refractivity contribution in [3.8, 4) is 0 Å². The monoisotopic (exact) mass is 317 g/mol. The first-order valence-corrected chi connectivity index (χ1v) is 8.20. The number of benzene rings is 3. The highest BCUT2D eigenvalue weighted by atomic mass is 16.3. The number of hydrogen-bond donors (Lipinski definition) is 2. The van der Waals surface area contributed by atoms with Gasteiger partial charge in [0, 0.05) is 17.7 Å². The highest BCUT2D eigenvalue weighted by Gasteiger charge is 2.33. The van der Waals surface area contributed by atoms with Gasteiger partial charge < -0.3 is 10.8 Å². The van der Waals surface area contributed by atoms with Gasteiger partial charge in [0.2, 0.25) is 0 Å². The Hall–Kier alpha value is -2.58. The molecule has 0 aliphatic rings. The molecule has 122 valence electrons. The van der Waals surface area contributed by atoms with Crippen molar-refractivity contribution in [3.05, 3.63) is 101 Å². The van der Waals surface area contributed by atoms with Gasteiger partial charge in [0.1, 0.15) is 5.60 Å². The molecule has 1 unspecified atom stereocenters. The van der Waals surface area contributed by atoms with Crippen LogP contribution in [-0.4, -0.2) is 5.11 Å². The Kier molecular flexibility index (Phi) is 4.41. The lowest BCUT2D eigenvalue weighted by Gasteiger charge is -2.31. The third-order valence-corrected chi connectivity index (χ3v) is 4.60. The lowest BCUT2D eigenvalue weighted by Crippen LogP contribution is -2.31. The highest BCUT2D eigenvalue weighted by Crippen LogP contribution is 2.37. The molecule has 0 aliphatic heterocycles. The molecule has 3 rings (SSSR count). The molecule has 0 heterocycles. The van der Waals surface area contributed by atoms with Crippen molar-refractivity contribution in [3.63, 3.8) is 0 Å². The normalized spacial score (nSPS) is 13.5. The maximum atomic E-state index is 11.7. The maximum Gasteiger partial charge on any atom is 0.121 e. The molecule has 3 N–H and O–H groups in total. The number of nitrogens with two attached hydrogens (primary N) is 1. The zero-order valence-electron chi connectivity index (χ0n) is 14.2. The SMILES string of the molecule is Cc1ccc(CC(O)(c2ccccc2)c2ccccc2N)c(C)c1. The lowest BCUT2D eigenvalue weighted by atomic mass is 9.79. The zero-order chi connectivity index (χ0) is 17.2. The second kappa shape index (κ2) is 6.50. The fourth-order valence-electron chi connectivity index (χ4n) is 3.26. The minimum Gasteiger partial charge on any atom is -0.398 e. The van der Waals surface area contributed by atoms with Crippen molar-refractivity contribution >= 4 is 5.69 Å². The summed E-state index contributed by atoms with van der Waals surface area (Å²) in [4.78, 5) is 0. The largest absolute Gasteiger partial charge is 0.398 e. The van der Waals surface area contributed by atoms with Crippen molar-refractivity contribution in [1.82, 2.24) is 0 Å². The summed E-state index contributed by atoms with van der Waals surface area (Å²) in [6, 6.07) is 23.6. The Labute approximate surface area is 143 Å². The molecule has 0 bridgehead atoms. The molecule has 0 amide bonds. The van der Waals surface area contributed by atoms with Crippen molar-refractivity contribution < 1.29 is 5.11 Å². The van der Waals surface area contributed by atoms with E-state index >= 15 is 0 Å². The molecular formula is C22H23NO. The van der Waals surface area contributed by atoms with Gasteiger partial charge in [-0.15, -0.1) is 0 Å². The summed E-state index contributed by atoms with van der Waals surface area (Å²) in [5.74, 6) is 0. The van der Waals surface area contributed by atoms with E-state index in [1.807, 2.05) is 54.6 Å². The number of anilines is 1. The third kappa shape index (κ3) is 3.06. The Balaban J connectivity index is 2.14. The van der Waals surface area contributed by atoms with Gasteiger partial charge in [0.25, 0.3) is 0 Å². The third-order valence-electron chi connectivity index (χ3n) is 4.60. The standard InChI is InChI=1S/C22H23NO/c1-16-12-13-18(17(2)14-16)15-22(24,19-8-4-3-5-9-19)20-10-6-7-11-21(20)23/h3-14,24H,15,23H2,1-2H3. The molecule has 0 radical (unpaired) electrons. The molecule has 0 aliphatic carbocycles. The first kappa shape index (κ1) is 16.3. The number of rotatable bonds is 4. The van der Waals surface area contributed by atoms with Crippen molar-refractivity contribution in [1.29, 1.82) is 0 Å². The molecule has 0 fully saturated rings. The zero-order valence-corrected chi connectivity index (χ0v) is 14.2. The predicted molar refractivity (Wildman–Crippen MR) is 99.9 cm³/mol. The minimum absolute atomic E-state index is 0.483. The van der Waals surface area contributed by atoms with Crippen molar-refractivity contribution in [2.75, 3.05) is 5.73 Å². The topological polar surface area (TPSA) is 46.2 Å². The molecule has 2 nitrogen and oxygen atoms in total. The maximum absolute atomic E-state index is 11.7. The lowest BCUT2D eigenvalue weighted by molar-refractivity contribution is 0.0817. The smallest absolute Gasteiger partial charge is 0.121 e. The van der Waals surface area contributed by atoms with Gasteiger partial charge in [0.05, 0.1) is 0 Å². The highest BCUT2D eigenvalue weighted by molar-refractivity contribution is 5.54. The molecule has 0 saturated heterocycles. The van der Waals surface area contributed by atoms with E-state index in [9.17, 15) is 5.11 Å². The van der Waals surface area contributed by atoms with Crippen LogP contribution < -0.4 is 5.73 Å². The van der Waals surface area contributed by atoms with Crippen molar-refractivity contribution in [2.24, 2.45) is 0 Å². The van der Waals surface area contributed by atoms with E-state index in [0.717, 1.165) is 16.7 Å².